The summed E-state index contributed by atoms with van der Waals surface area (Å²) in [6.07, 6.45) is 1.96. The van der Waals surface area contributed by atoms with Crippen molar-refractivity contribution >= 4 is 0 Å². The standard InChI is InChI=1S/C22H29FN2O3/c1-15-8-10-24(11-9-15)21(17-6-4-5-7-18(17)23)20-19(26)14-16(2)25(22(20)27)12-13-28-3/h4-7,14-15,21,26H,8-13H2,1-3H3/t21-/m0/s1. The van der Waals surface area contributed by atoms with Gasteiger partial charge in [-0.3, -0.25) is 9.69 Å². The Morgan fingerprint density at radius 2 is 1.96 bits per heavy atom. The quantitative estimate of drug-likeness (QED) is 0.823. The first-order valence-corrected chi connectivity index (χ1v) is 9.84. The van der Waals surface area contributed by atoms with Gasteiger partial charge < -0.3 is 14.4 Å². The molecule has 0 unspecified atom stereocenters. The van der Waals surface area contributed by atoms with Crippen molar-refractivity contribution in [1.29, 1.82) is 0 Å². The summed E-state index contributed by atoms with van der Waals surface area (Å²) < 4.78 is 21.5. The van der Waals surface area contributed by atoms with Gasteiger partial charge in [-0.25, -0.2) is 4.39 Å². The molecule has 1 aliphatic heterocycles. The molecule has 2 aromatic rings. The van der Waals surface area contributed by atoms with Crippen molar-refractivity contribution in [2.75, 3.05) is 26.8 Å². The van der Waals surface area contributed by atoms with Gasteiger partial charge in [0.05, 0.1) is 18.2 Å². The van der Waals surface area contributed by atoms with Crippen LogP contribution < -0.4 is 5.56 Å². The van der Waals surface area contributed by atoms with Crippen LogP contribution in [0.25, 0.3) is 0 Å². The molecule has 152 valence electrons. The Morgan fingerprint density at radius 3 is 2.61 bits per heavy atom. The molecule has 28 heavy (non-hydrogen) atoms. The Hall–Kier alpha value is -2.18. The number of ether oxygens (including phenoxy) is 1. The van der Waals surface area contributed by atoms with E-state index in [1.54, 1.807) is 42.9 Å². The molecule has 1 N–H and O–H groups in total. The number of benzene rings is 1. The number of rotatable bonds is 6. The summed E-state index contributed by atoms with van der Waals surface area (Å²) in [5.41, 5.74) is 1.03. The predicted molar refractivity (Wildman–Crippen MR) is 107 cm³/mol. The topological polar surface area (TPSA) is 54.7 Å². The average Bonchev–Trinajstić information content (AvgIpc) is 2.67. The zero-order valence-corrected chi connectivity index (χ0v) is 16.8. The first-order chi connectivity index (χ1) is 13.4. The molecule has 1 fully saturated rings. The zero-order chi connectivity index (χ0) is 20.3. The summed E-state index contributed by atoms with van der Waals surface area (Å²) in [7, 11) is 1.58. The van der Waals surface area contributed by atoms with Gasteiger partial charge in [0.25, 0.3) is 5.56 Å². The van der Waals surface area contributed by atoms with Crippen LogP contribution in [0.5, 0.6) is 5.75 Å². The second-order valence-corrected chi connectivity index (χ2v) is 7.68. The van der Waals surface area contributed by atoms with Crippen molar-refractivity contribution in [3.05, 3.63) is 63.3 Å². The lowest BCUT2D eigenvalue weighted by Gasteiger charge is -2.37. The zero-order valence-electron chi connectivity index (χ0n) is 16.8. The van der Waals surface area contributed by atoms with Crippen LogP contribution >= 0.6 is 0 Å². The molecule has 0 aliphatic carbocycles. The number of halogens is 1. The van der Waals surface area contributed by atoms with Crippen LogP contribution in [-0.4, -0.2) is 41.4 Å². The molecule has 0 spiro atoms. The second kappa shape index (κ2) is 8.88. The van der Waals surface area contributed by atoms with Gasteiger partial charge in [0.1, 0.15) is 11.6 Å². The average molecular weight is 388 g/mol. The number of methoxy groups -OCH3 is 1. The van der Waals surface area contributed by atoms with Crippen molar-refractivity contribution in [2.24, 2.45) is 5.92 Å². The Balaban J connectivity index is 2.15. The molecule has 1 saturated heterocycles. The minimum absolute atomic E-state index is 0.0805. The molecule has 0 radical (unpaired) electrons. The molecule has 2 heterocycles. The number of hydrogen-bond acceptors (Lipinski definition) is 4. The minimum atomic E-state index is -0.615. The highest BCUT2D eigenvalue weighted by molar-refractivity contribution is 5.41. The van der Waals surface area contributed by atoms with E-state index in [1.807, 2.05) is 0 Å². The van der Waals surface area contributed by atoms with Crippen LogP contribution in [0.1, 0.15) is 42.6 Å². The van der Waals surface area contributed by atoms with E-state index in [1.165, 1.54) is 6.07 Å². The summed E-state index contributed by atoms with van der Waals surface area (Å²) in [6.45, 7) is 6.26. The van der Waals surface area contributed by atoms with Crippen molar-refractivity contribution in [2.45, 2.75) is 39.3 Å². The van der Waals surface area contributed by atoms with Crippen LogP contribution in [0.3, 0.4) is 0 Å². The molecule has 3 rings (SSSR count). The molecule has 5 nitrogen and oxygen atoms in total. The summed E-state index contributed by atoms with van der Waals surface area (Å²) >= 11 is 0. The third-order valence-electron chi connectivity index (χ3n) is 5.70. The van der Waals surface area contributed by atoms with E-state index < -0.39 is 6.04 Å². The molecule has 1 aromatic carbocycles. The monoisotopic (exact) mass is 388 g/mol. The summed E-state index contributed by atoms with van der Waals surface area (Å²) in [5.74, 6) is 0.152. The summed E-state index contributed by atoms with van der Waals surface area (Å²) in [6, 6.07) is 7.50. The third-order valence-corrected chi connectivity index (χ3v) is 5.70. The van der Waals surface area contributed by atoms with Crippen LogP contribution in [0.15, 0.2) is 35.1 Å². The van der Waals surface area contributed by atoms with E-state index >= 15 is 0 Å². The minimum Gasteiger partial charge on any atom is -0.507 e. The fraction of sp³-hybridized carbons (Fsp3) is 0.500. The largest absolute Gasteiger partial charge is 0.507 e. The van der Waals surface area contributed by atoms with Gasteiger partial charge in [0, 0.05) is 24.9 Å². The van der Waals surface area contributed by atoms with Gasteiger partial charge >= 0.3 is 0 Å². The van der Waals surface area contributed by atoms with Crippen LogP contribution in [-0.2, 0) is 11.3 Å². The number of nitrogens with zero attached hydrogens (tertiary/aromatic N) is 2. The maximum Gasteiger partial charge on any atom is 0.259 e. The van der Waals surface area contributed by atoms with Crippen molar-refractivity contribution in [3.63, 3.8) is 0 Å². The molecule has 1 atom stereocenters. The van der Waals surface area contributed by atoms with Crippen LogP contribution in [0, 0.1) is 18.7 Å². The molecule has 1 aromatic heterocycles. The molecule has 0 bridgehead atoms. The van der Waals surface area contributed by atoms with E-state index in [0.29, 0.717) is 30.3 Å². The Labute approximate surface area is 165 Å². The van der Waals surface area contributed by atoms with Gasteiger partial charge in [-0.1, -0.05) is 25.1 Å². The fourth-order valence-electron chi connectivity index (χ4n) is 4.00. The molecule has 6 heteroatoms. The highest BCUT2D eigenvalue weighted by atomic mass is 19.1. The highest BCUT2D eigenvalue weighted by Gasteiger charge is 2.32. The van der Waals surface area contributed by atoms with Crippen molar-refractivity contribution in [3.8, 4) is 5.75 Å². The first kappa shape index (κ1) is 20.6. The third kappa shape index (κ3) is 4.13. The van der Waals surface area contributed by atoms with Crippen molar-refractivity contribution in [1.82, 2.24) is 9.47 Å². The van der Waals surface area contributed by atoms with Gasteiger partial charge in [0.15, 0.2) is 0 Å². The summed E-state index contributed by atoms with van der Waals surface area (Å²) in [4.78, 5) is 15.5. The first-order valence-electron chi connectivity index (χ1n) is 9.84. The number of likely N-dealkylation sites (tertiary alicyclic amines) is 1. The molecule has 0 amide bonds. The molecule has 0 saturated carbocycles. The van der Waals surface area contributed by atoms with Crippen molar-refractivity contribution < 1.29 is 14.2 Å². The molecule has 1 aliphatic rings. The number of aromatic nitrogens is 1. The number of piperidine rings is 1. The SMILES string of the molecule is COCCn1c(C)cc(O)c([C@H](c2ccccc2F)N2CCC(C)CC2)c1=O. The maximum absolute atomic E-state index is 14.8. The van der Waals surface area contributed by atoms with Gasteiger partial charge in [-0.2, -0.15) is 0 Å². The highest BCUT2D eigenvalue weighted by Crippen LogP contribution is 2.36. The Kier molecular flexibility index (Phi) is 6.52. The lowest BCUT2D eigenvalue weighted by Crippen LogP contribution is -2.40. The number of aromatic hydroxyl groups is 1. The Morgan fingerprint density at radius 1 is 1.29 bits per heavy atom. The fourth-order valence-corrected chi connectivity index (χ4v) is 4.00. The van der Waals surface area contributed by atoms with E-state index in [0.717, 1.165) is 25.9 Å². The van der Waals surface area contributed by atoms with Crippen LogP contribution in [0.2, 0.25) is 0 Å². The number of hydrogen-bond donors (Lipinski definition) is 1. The lowest BCUT2D eigenvalue weighted by molar-refractivity contribution is 0.152. The van der Waals surface area contributed by atoms with Gasteiger partial charge in [-0.05, 0) is 50.9 Å². The van der Waals surface area contributed by atoms with Crippen LogP contribution in [0.4, 0.5) is 4.39 Å². The van der Waals surface area contributed by atoms with E-state index in [9.17, 15) is 14.3 Å². The lowest BCUT2D eigenvalue weighted by atomic mass is 9.91. The second-order valence-electron chi connectivity index (χ2n) is 7.68. The molecular weight excluding hydrogens is 359 g/mol. The maximum atomic E-state index is 14.8. The van der Waals surface area contributed by atoms with Gasteiger partial charge in [0.2, 0.25) is 0 Å². The number of aryl methyl sites for hydroxylation is 1. The Bertz CT molecular complexity index is 873. The molecular formula is C22H29FN2O3. The smallest absolute Gasteiger partial charge is 0.259 e. The predicted octanol–water partition coefficient (Wildman–Crippen LogP) is 3.47. The summed E-state index contributed by atoms with van der Waals surface area (Å²) in [5, 5.41) is 10.7. The van der Waals surface area contributed by atoms with Gasteiger partial charge in [-0.15, -0.1) is 0 Å². The van der Waals surface area contributed by atoms with E-state index in [-0.39, 0.29) is 22.7 Å². The number of pyridine rings is 1. The normalized spacial score (nSPS) is 17.0. The van der Waals surface area contributed by atoms with E-state index in [4.69, 9.17) is 4.74 Å². The van der Waals surface area contributed by atoms with E-state index in [2.05, 4.69) is 11.8 Å².